The van der Waals surface area contributed by atoms with Gasteiger partial charge in [-0.05, 0) is 43.4 Å². The molecule has 1 heterocycles. The van der Waals surface area contributed by atoms with Crippen molar-refractivity contribution in [2.75, 3.05) is 29.9 Å². The van der Waals surface area contributed by atoms with E-state index in [1.165, 1.54) is 50.1 Å². The van der Waals surface area contributed by atoms with E-state index in [1.807, 2.05) is 0 Å². The summed E-state index contributed by atoms with van der Waals surface area (Å²) in [5.74, 6) is 0.755. The van der Waals surface area contributed by atoms with Crippen molar-refractivity contribution in [1.82, 2.24) is 0 Å². The summed E-state index contributed by atoms with van der Waals surface area (Å²) in [5, 5.41) is 3.57. The van der Waals surface area contributed by atoms with Gasteiger partial charge in [0.05, 0.1) is 0 Å². The molecule has 0 amide bonds. The molecule has 1 saturated heterocycles. The van der Waals surface area contributed by atoms with Crippen LogP contribution in [0.15, 0.2) is 24.3 Å². The van der Waals surface area contributed by atoms with Crippen LogP contribution in [0.2, 0.25) is 0 Å². The second-order valence-electron chi connectivity index (χ2n) is 5.52. The molecule has 1 aliphatic heterocycles. The summed E-state index contributed by atoms with van der Waals surface area (Å²) in [6.45, 7) is 8.09. The molecule has 1 aromatic rings. The average molecular weight is 246 g/mol. The van der Waals surface area contributed by atoms with E-state index in [0.29, 0.717) is 0 Å². The number of nitrogens with zero attached hydrogens (tertiary/aromatic N) is 1. The van der Waals surface area contributed by atoms with Gasteiger partial charge in [0.1, 0.15) is 0 Å². The third-order valence-electron chi connectivity index (χ3n) is 3.75. The minimum absolute atomic E-state index is 0.755. The molecule has 0 aliphatic carbocycles. The van der Waals surface area contributed by atoms with Crippen molar-refractivity contribution in [1.29, 1.82) is 0 Å². The molecule has 1 N–H and O–H groups in total. The lowest BCUT2D eigenvalue weighted by molar-refractivity contribution is 0.551. The maximum atomic E-state index is 3.57. The summed E-state index contributed by atoms with van der Waals surface area (Å²) >= 11 is 0. The van der Waals surface area contributed by atoms with Crippen molar-refractivity contribution in [2.45, 2.75) is 39.5 Å². The van der Waals surface area contributed by atoms with E-state index in [9.17, 15) is 0 Å². The lowest BCUT2D eigenvalue weighted by Gasteiger charge is -2.19. The number of anilines is 2. The predicted molar refractivity (Wildman–Crippen MR) is 80.5 cm³/mol. The van der Waals surface area contributed by atoms with E-state index < -0.39 is 0 Å². The number of hydrogen-bond acceptors (Lipinski definition) is 2. The summed E-state index contributed by atoms with van der Waals surface area (Å²) in [7, 11) is 0. The Hall–Kier alpha value is -1.18. The first-order valence-corrected chi connectivity index (χ1v) is 7.38. The van der Waals surface area contributed by atoms with Gasteiger partial charge >= 0.3 is 0 Å². The Balaban J connectivity index is 1.90. The minimum atomic E-state index is 0.755. The third kappa shape index (κ3) is 3.66. The molecule has 0 aromatic heterocycles. The summed E-state index contributed by atoms with van der Waals surface area (Å²) < 4.78 is 0. The molecule has 18 heavy (non-hydrogen) atoms. The molecule has 1 unspecified atom stereocenters. The van der Waals surface area contributed by atoms with Gasteiger partial charge in [0.25, 0.3) is 0 Å². The highest BCUT2D eigenvalue weighted by Gasteiger charge is 2.12. The lowest BCUT2D eigenvalue weighted by atomic mass is 10.1. The van der Waals surface area contributed by atoms with Crippen LogP contribution >= 0.6 is 0 Å². The molecule has 2 nitrogen and oxygen atoms in total. The summed E-state index contributed by atoms with van der Waals surface area (Å²) in [6, 6.07) is 8.87. The second-order valence-corrected chi connectivity index (χ2v) is 5.52. The Morgan fingerprint density at radius 1 is 1.28 bits per heavy atom. The summed E-state index contributed by atoms with van der Waals surface area (Å²) in [4.78, 5) is 2.49. The van der Waals surface area contributed by atoms with Gasteiger partial charge in [-0.1, -0.05) is 26.3 Å². The Morgan fingerprint density at radius 3 is 2.78 bits per heavy atom. The van der Waals surface area contributed by atoms with Crippen molar-refractivity contribution < 1.29 is 0 Å². The van der Waals surface area contributed by atoms with E-state index in [-0.39, 0.29) is 0 Å². The second kappa shape index (κ2) is 6.67. The zero-order chi connectivity index (χ0) is 12.8. The highest BCUT2D eigenvalue weighted by molar-refractivity contribution is 5.58. The molecule has 100 valence electrons. The molecular weight excluding hydrogens is 220 g/mol. The highest BCUT2D eigenvalue weighted by atomic mass is 15.1. The molecule has 2 rings (SSSR count). The fourth-order valence-corrected chi connectivity index (χ4v) is 2.67. The highest BCUT2D eigenvalue weighted by Crippen LogP contribution is 2.23. The molecule has 0 radical (unpaired) electrons. The smallest absolute Gasteiger partial charge is 0.0386 e. The molecule has 1 aliphatic rings. The van der Waals surface area contributed by atoms with Crippen LogP contribution in [0.4, 0.5) is 11.4 Å². The van der Waals surface area contributed by atoms with Gasteiger partial charge in [-0.3, -0.25) is 0 Å². The standard InChI is InChI=1S/C16H26N2/c1-3-7-14(2)13-17-15-8-6-9-16(12-15)18-10-4-5-11-18/h6,8-9,12,14,17H,3-5,7,10-11,13H2,1-2H3. The van der Waals surface area contributed by atoms with Gasteiger partial charge in [0.2, 0.25) is 0 Å². The third-order valence-corrected chi connectivity index (χ3v) is 3.75. The van der Waals surface area contributed by atoms with Gasteiger partial charge in [0, 0.05) is 31.0 Å². The van der Waals surface area contributed by atoms with Crippen LogP contribution in [0.3, 0.4) is 0 Å². The van der Waals surface area contributed by atoms with Gasteiger partial charge in [-0.2, -0.15) is 0 Å². The van der Waals surface area contributed by atoms with E-state index >= 15 is 0 Å². The Kier molecular flexibility index (Phi) is 4.91. The van der Waals surface area contributed by atoms with E-state index in [1.54, 1.807) is 0 Å². The maximum absolute atomic E-state index is 3.57. The molecule has 1 atom stereocenters. The van der Waals surface area contributed by atoms with Gasteiger partial charge in [0.15, 0.2) is 0 Å². The molecule has 0 saturated carbocycles. The van der Waals surface area contributed by atoms with Crippen molar-refractivity contribution >= 4 is 11.4 Å². The Morgan fingerprint density at radius 2 is 2.06 bits per heavy atom. The zero-order valence-electron chi connectivity index (χ0n) is 11.8. The molecule has 0 spiro atoms. The van der Waals surface area contributed by atoms with Crippen molar-refractivity contribution in [2.24, 2.45) is 5.92 Å². The first kappa shape index (κ1) is 13.3. The van der Waals surface area contributed by atoms with Crippen LogP contribution in [0, 0.1) is 5.92 Å². The van der Waals surface area contributed by atoms with Crippen molar-refractivity contribution in [3.63, 3.8) is 0 Å². The van der Waals surface area contributed by atoms with Gasteiger partial charge < -0.3 is 10.2 Å². The maximum Gasteiger partial charge on any atom is 0.0386 e. The van der Waals surface area contributed by atoms with Gasteiger partial charge in [-0.15, -0.1) is 0 Å². The number of hydrogen-bond donors (Lipinski definition) is 1. The van der Waals surface area contributed by atoms with Crippen LogP contribution in [0.25, 0.3) is 0 Å². The van der Waals surface area contributed by atoms with Gasteiger partial charge in [-0.25, -0.2) is 0 Å². The van der Waals surface area contributed by atoms with E-state index in [2.05, 4.69) is 48.3 Å². The summed E-state index contributed by atoms with van der Waals surface area (Å²) in [5.41, 5.74) is 2.64. The van der Waals surface area contributed by atoms with Crippen molar-refractivity contribution in [3.8, 4) is 0 Å². The van der Waals surface area contributed by atoms with E-state index in [4.69, 9.17) is 0 Å². The largest absolute Gasteiger partial charge is 0.385 e. The van der Waals surface area contributed by atoms with Crippen molar-refractivity contribution in [3.05, 3.63) is 24.3 Å². The quantitative estimate of drug-likeness (QED) is 0.811. The monoisotopic (exact) mass is 246 g/mol. The SMILES string of the molecule is CCCC(C)CNc1cccc(N2CCCC2)c1. The van der Waals surface area contributed by atoms with E-state index in [0.717, 1.165) is 12.5 Å². The molecule has 0 bridgehead atoms. The van der Waals surface area contributed by atoms with Crippen LogP contribution in [-0.2, 0) is 0 Å². The first-order valence-electron chi connectivity index (χ1n) is 7.38. The topological polar surface area (TPSA) is 15.3 Å². The van der Waals surface area contributed by atoms with Crippen LogP contribution in [0.5, 0.6) is 0 Å². The van der Waals surface area contributed by atoms with Crippen LogP contribution in [-0.4, -0.2) is 19.6 Å². The average Bonchev–Trinajstić information content (AvgIpc) is 2.91. The number of benzene rings is 1. The Labute approximate surface area is 111 Å². The fraction of sp³-hybridized carbons (Fsp3) is 0.625. The minimum Gasteiger partial charge on any atom is -0.385 e. The number of nitrogens with one attached hydrogen (secondary N) is 1. The Bertz CT molecular complexity index is 356. The fourth-order valence-electron chi connectivity index (χ4n) is 2.67. The summed E-state index contributed by atoms with van der Waals surface area (Å²) in [6.07, 6.45) is 5.26. The number of rotatable bonds is 6. The molecule has 1 aromatic carbocycles. The zero-order valence-corrected chi connectivity index (χ0v) is 11.8. The van der Waals surface area contributed by atoms with Crippen LogP contribution in [0.1, 0.15) is 39.5 Å². The normalized spacial score (nSPS) is 16.9. The predicted octanol–water partition coefficient (Wildman–Crippen LogP) is 4.13. The molecular formula is C16H26N2. The lowest BCUT2D eigenvalue weighted by Crippen LogP contribution is -2.18. The molecule has 1 fully saturated rings. The van der Waals surface area contributed by atoms with Crippen LogP contribution < -0.4 is 10.2 Å². The first-order chi connectivity index (χ1) is 8.79. The molecule has 2 heteroatoms.